The summed E-state index contributed by atoms with van der Waals surface area (Å²) in [5, 5.41) is 2.50. The van der Waals surface area contributed by atoms with E-state index < -0.39 is 34.2 Å². The molecule has 0 aliphatic heterocycles. The van der Waals surface area contributed by atoms with Gasteiger partial charge in [-0.2, -0.15) is 17.5 Å². The van der Waals surface area contributed by atoms with E-state index in [1.807, 2.05) is 26.0 Å². The number of carbonyl (C=O) groups is 1. The van der Waals surface area contributed by atoms with Gasteiger partial charge < -0.3 is 5.32 Å². The van der Waals surface area contributed by atoms with Crippen molar-refractivity contribution in [2.75, 3.05) is 11.9 Å². The monoisotopic (exact) mass is 504 g/mol. The lowest BCUT2D eigenvalue weighted by Gasteiger charge is -2.24. The van der Waals surface area contributed by atoms with Crippen LogP contribution in [0.2, 0.25) is 0 Å². The van der Waals surface area contributed by atoms with Crippen molar-refractivity contribution in [2.45, 2.75) is 45.3 Å². The zero-order valence-electron chi connectivity index (χ0n) is 19.9. The summed E-state index contributed by atoms with van der Waals surface area (Å²) in [6, 6.07) is 14.8. The molecule has 0 aromatic heterocycles. The van der Waals surface area contributed by atoms with Gasteiger partial charge in [-0.3, -0.25) is 4.79 Å². The second kappa shape index (κ2) is 10.2. The number of carbonyl (C=O) groups excluding carboxylic acids is 1. The molecule has 0 aliphatic carbocycles. The first-order valence-corrected chi connectivity index (χ1v) is 12.3. The third kappa shape index (κ3) is 6.49. The fourth-order valence-electron chi connectivity index (χ4n) is 3.93. The van der Waals surface area contributed by atoms with Crippen molar-refractivity contribution >= 4 is 21.6 Å². The molecule has 0 saturated carbocycles. The Balaban J connectivity index is 1.91. The molecule has 1 N–H and O–H groups in total. The molecule has 0 spiro atoms. The third-order valence-corrected chi connectivity index (χ3v) is 7.60. The first-order chi connectivity index (χ1) is 16.3. The van der Waals surface area contributed by atoms with Crippen molar-refractivity contribution in [1.82, 2.24) is 4.31 Å². The minimum absolute atomic E-state index is 0.0458. The number of benzene rings is 3. The number of hydrogen-bond donors (Lipinski definition) is 1. The summed E-state index contributed by atoms with van der Waals surface area (Å²) in [4.78, 5) is 12.9. The minimum atomic E-state index is -4.49. The fraction of sp³-hybridized carbons (Fsp3) is 0.269. The van der Waals surface area contributed by atoms with Crippen LogP contribution in [-0.2, 0) is 27.5 Å². The van der Waals surface area contributed by atoms with Crippen LogP contribution >= 0.6 is 0 Å². The predicted molar refractivity (Wildman–Crippen MR) is 130 cm³/mol. The fourth-order valence-corrected chi connectivity index (χ4v) is 5.73. The van der Waals surface area contributed by atoms with E-state index in [-0.39, 0.29) is 17.1 Å². The molecule has 1 amide bonds. The number of amides is 1. The zero-order valence-corrected chi connectivity index (χ0v) is 20.7. The van der Waals surface area contributed by atoms with E-state index in [2.05, 4.69) is 5.32 Å². The molecule has 3 rings (SSSR count). The van der Waals surface area contributed by atoms with Crippen LogP contribution in [0.4, 0.5) is 18.9 Å². The van der Waals surface area contributed by atoms with Crippen molar-refractivity contribution in [1.29, 1.82) is 0 Å². The number of aryl methyl sites for hydroxylation is 4. The minimum Gasteiger partial charge on any atom is -0.325 e. The van der Waals surface area contributed by atoms with Gasteiger partial charge in [0.1, 0.15) is 0 Å². The molecule has 9 heteroatoms. The standard InChI is InChI=1S/C26H27F3N2O3S/c1-17-5-7-21(8-6-17)15-31(35(33,34)25-19(3)13-18(2)14-20(25)4)16-24(32)30-23-11-9-22(10-12-23)26(27,28)29/h5-14H,15-16H2,1-4H3,(H,30,32). The molecule has 0 aliphatic rings. The van der Waals surface area contributed by atoms with E-state index in [4.69, 9.17) is 0 Å². The van der Waals surface area contributed by atoms with Crippen LogP contribution in [0.15, 0.2) is 65.6 Å². The van der Waals surface area contributed by atoms with Crippen molar-refractivity contribution in [2.24, 2.45) is 0 Å². The summed E-state index contributed by atoms with van der Waals surface area (Å²) in [5.74, 6) is -0.664. The number of nitrogens with zero attached hydrogens (tertiary/aromatic N) is 1. The molecule has 0 bridgehead atoms. The van der Waals surface area contributed by atoms with E-state index in [1.165, 1.54) is 0 Å². The maximum atomic E-state index is 13.7. The average molecular weight is 505 g/mol. The second-order valence-electron chi connectivity index (χ2n) is 8.61. The molecule has 0 heterocycles. The van der Waals surface area contributed by atoms with Gasteiger partial charge in [-0.15, -0.1) is 0 Å². The SMILES string of the molecule is Cc1ccc(CN(CC(=O)Nc2ccc(C(F)(F)F)cc2)S(=O)(=O)c2c(C)cc(C)cc2C)cc1. The van der Waals surface area contributed by atoms with E-state index in [0.29, 0.717) is 16.7 Å². The number of sulfonamides is 1. The highest BCUT2D eigenvalue weighted by molar-refractivity contribution is 7.89. The van der Waals surface area contributed by atoms with Crippen molar-refractivity contribution in [3.63, 3.8) is 0 Å². The van der Waals surface area contributed by atoms with E-state index >= 15 is 0 Å². The third-order valence-electron chi connectivity index (χ3n) is 5.50. The highest BCUT2D eigenvalue weighted by Crippen LogP contribution is 2.30. The molecule has 0 radical (unpaired) electrons. The van der Waals surface area contributed by atoms with Crippen molar-refractivity contribution < 1.29 is 26.4 Å². The predicted octanol–water partition coefficient (Wildman–Crippen LogP) is 5.77. The summed E-state index contributed by atoms with van der Waals surface area (Å²) in [5.41, 5.74) is 3.06. The number of hydrogen-bond acceptors (Lipinski definition) is 3. The van der Waals surface area contributed by atoms with Gasteiger partial charge in [-0.05, 0) is 68.7 Å². The Morgan fingerprint density at radius 2 is 1.40 bits per heavy atom. The largest absolute Gasteiger partial charge is 0.416 e. The summed E-state index contributed by atoms with van der Waals surface area (Å²) in [6.07, 6.45) is -4.49. The topological polar surface area (TPSA) is 66.5 Å². The lowest BCUT2D eigenvalue weighted by molar-refractivity contribution is -0.137. The van der Waals surface area contributed by atoms with Crippen LogP contribution in [0.5, 0.6) is 0 Å². The van der Waals surface area contributed by atoms with Gasteiger partial charge in [0, 0.05) is 12.2 Å². The summed E-state index contributed by atoms with van der Waals surface area (Å²) >= 11 is 0. The summed E-state index contributed by atoms with van der Waals surface area (Å²) < 4.78 is 66.9. The summed E-state index contributed by atoms with van der Waals surface area (Å²) in [7, 11) is -4.08. The maximum Gasteiger partial charge on any atom is 0.416 e. The van der Waals surface area contributed by atoms with E-state index in [1.54, 1.807) is 38.1 Å². The first kappa shape index (κ1) is 26.4. The van der Waals surface area contributed by atoms with Crippen molar-refractivity contribution in [3.8, 4) is 0 Å². The molecule has 0 saturated heterocycles. The van der Waals surface area contributed by atoms with Crippen molar-refractivity contribution in [3.05, 3.63) is 94.0 Å². The van der Waals surface area contributed by atoms with E-state index in [0.717, 1.165) is 39.7 Å². The molecular weight excluding hydrogens is 477 g/mol. The van der Waals surface area contributed by atoms with Gasteiger partial charge >= 0.3 is 6.18 Å². The van der Waals surface area contributed by atoms with Crippen LogP contribution in [0.1, 0.15) is 33.4 Å². The van der Waals surface area contributed by atoms with Crippen LogP contribution in [-0.4, -0.2) is 25.2 Å². The molecule has 0 fully saturated rings. The first-order valence-electron chi connectivity index (χ1n) is 10.9. The smallest absolute Gasteiger partial charge is 0.325 e. The molecular formula is C26H27F3N2O3S. The molecule has 3 aromatic carbocycles. The van der Waals surface area contributed by atoms with Gasteiger partial charge in [-0.25, -0.2) is 8.42 Å². The number of rotatable bonds is 7. The second-order valence-corrected chi connectivity index (χ2v) is 10.5. The molecule has 5 nitrogen and oxygen atoms in total. The van der Waals surface area contributed by atoms with E-state index in [9.17, 15) is 26.4 Å². The van der Waals surface area contributed by atoms with Gasteiger partial charge in [0.25, 0.3) is 0 Å². The van der Waals surface area contributed by atoms with Crippen LogP contribution < -0.4 is 5.32 Å². The van der Waals surface area contributed by atoms with Gasteiger partial charge in [-0.1, -0.05) is 47.5 Å². The molecule has 0 unspecified atom stereocenters. The maximum absolute atomic E-state index is 13.7. The van der Waals surface area contributed by atoms with Gasteiger partial charge in [0.05, 0.1) is 17.0 Å². The lowest BCUT2D eigenvalue weighted by Crippen LogP contribution is -2.38. The Kier molecular flexibility index (Phi) is 7.71. The Morgan fingerprint density at radius 3 is 1.91 bits per heavy atom. The molecule has 3 aromatic rings. The number of alkyl halides is 3. The average Bonchev–Trinajstić information content (AvgIpc) is 2.73. The normalized spacial score (nSPS) is 12.1. The molecule has 35 heavy (non-hydrogen) atoms. The Bertz CT molecular complexity index is 1290. The Morgan fingerprint density at radius 1 is 0.857 bits per heavy atom. The highest BCUT2D eigenvalue weighted by atomic mass is 32.2. The summed E-state index contributed by atoms with van der Waals surface area (Å²) in [6.45, 7) is 6.64. The zero-order chi connectivity index (χ0) is 26.0. The Hall–Kier alpha value is -3.17. The van der Waals surface area contributed by atoms with Crippen LogP contribution in [0.3, 0.4) is 0 Å². The highest BCUT2D eigenvalue weighted by Gasteiger charge is 2.31. The van der Waals surface area contributed by atoms with Gasteiger partial charge in [0.15, 0.2) is 0 Å². The number of halogens is 3. The lowest BCUT2D eigenvalue weighted by atomic mass is 10.1. The van der Waals surface area contributed by atoms with Gasteiger partial charge in [0.2, 0.25) is 15.9 Å². The van der Waals surface area contributed by atoms with Crippen LogP contribution in [0, 0.1) is 27.7 Å². The van der Waals surface area contributed by atoms with Crippen LogP contribution in [0.25, 0.3) is 0 Å². The Labute approximate surface area is 203 Å². The number of nitrogens with one attached hydrogen (secondary N) is 1. The molecule has 186 valence electrons. The molecule has 0 atom stereocenters. The quantitative estimate of drug-likeness (QED) is 0.444. The number of anilines is 1.